The Kier molecular flexibility index (Phi) is 7.42. The minimum absolute atomic E-state index is 0. The Morgan fingerprint density at radius 3 is 2.55 bits per heavy atom. The zero-order chi connectivity index (χ0) is 22.8. The number of hydrogen-bond acceptors (Lipinski definition) is 6. The van der Waals surface area contributed by atoms with Crippen LogP contribution in [-0.2, 0) is 9.59 Å². The van der Waals surface area contributed by atoms with Gasteiger partial charge in [0.05, 0.1) is 36.8 Å². The van der Waals surface area contributed by atoms with Crippen molar-refractivity contribution in [2.75, 3.05) is 36.0 Å². The van der Waals surface area contributed by atoms with Crippen molar-refractivity contribution in [3.05, 3.63) is 69.3 Å². The van der Waals surface area contributed by atoms with E-state index in [-0.39, 0.29) is 28.8 Å². The Balaban J connectivity index is 0.00000306. The number of quaternary nitrogens is 1. The molecule has 0 radical (unpaired) electrons. The number of non-ortho nitro benzene ring substituents is 1. The van der Waals surface area contributed by atoms with Crippen molar-refractivity contribution in [2.24, 2.45) is 0 Å². The second-order valence-electron chi connectivity index (χ2n) is 7.65. The number of thiocarbonyl (C=S) groups is 1. The smallest absolute Gasteiger partial charge is 0.270 e. The van der Waals surface area contributed by atoms with Crippen molar-refractivity contribution >= 4 is 52.3 Å². The van der Waals surface area contributed by atoms with Crippen LogP contribution in [-0.4, -0.2) is 48.0 Å². The first-order chi connectivity index (χ1) is 15.3. The molecule has 2 aliphatic heterocycles. The fraction of sp³-hybridized carbons (Fsp3) is 0.227. The number of rotatable bonds is 4. The second kappa shape index (κ2) is 10.1. The first kappa shape index (κ1) is 24.3. The molecule has 0 unspecified atom stereocenters. The lowest BCUT2D eigenvalue weighted by Gasteiger charge is -2.30. The van der Waals surface area contributed by atoms with Crippen LogP contribution in [0, 0.1) is 17.0 Å². The molecule has 2 aromatic rings. The minimum Gasteiger partial charge on any atom is -1.00 e. The number of benzene rings is 2. The lowest BCUT2D eigenvalue weighted by Crippen LogP contribution is -3.00. The van der Waals surface area contributed by atoms with Gasteiger partial charge in [0.1, 0.15) is 5.57 Å². The molecule has 2 saturated heterocycles. The third-order valence-electron chi connectivity index (χ3n) is 5.43. The van der Waals surface area contributed by atoms with E-state index in [9.17, 15) is 19.7 Å². The summed E-state index contributed by atoms with van der Waals surface area (Å²) in [6.45, 7) is 5.19. The third kappa shape index (κ3) is 5.03. The SMILES string of the molecule is Cc1cccc(N2C(=O)/C(=C\c3cc([N+](=O)[O-])ccc3N3CC[NH2+]CC3)C(=O)NC2=S)c1.[Cl-]. The maximum atomic E-state index is 13.3. The van der Waals surface area contributed by atoms with E-state index < -0.39 is 16.7 Å². The van der Waals surface area contributed by atoms with Crippen molar-refractivity contribution in [3.8, 4) is 0 Å². The molecule has 172 valence electrons. The molecule has 9 nitrogen and oxygen atoms in total. The topological polar surface area (TPSA) is 112 Å². The molecule has 3 N–H and O–H groups in total. The largest absolute Gasteiger partial charge is 1.00 e. The molecule has 2 heterocycles. The molecule has 0 spiro atoms. The van der Waals surface area contributed by atoms with E-state index in [1.54, 1.807) is 24.3 Å². The zero-order valence-corrected chi connectivity index (χ0v) is 19.4. The summed E-state index contributed by atoms with van der Waals surface area (Å²) in [7, 11) is 0. The van der Waals surface area contributed by atoms with Crippen LogP contribution in [0.5, 0.6) is 0 Å². The van der Waals surface area contributed by atoms with Crippen molar-refractivity contribution < 1.29 is 32.2 Å². The molecule has 11 heteroatoms. The van der Waals surface area contributed by atoms with Crippen LogP contribution >= 0.6 is 12.2 Å². The van der Waals surface area contributed by atoms with E-state index in [2.05, 4.69) is 15.5 Å². The molecule has 4 rings (SSSR count). The number of nitro groups is 1. The second-order valence-corrected chi connectivity index (χ2v) is 8.04. The number of halogens is 1. The van der Waals surface area contributed by atoms with Crippen LogP contribution < -0.4 is 32.8 Å². The minimum atomic E-state index is -0.631. The highest BCUT2D eigenvalue weighted by Crippen LogP contribution is 2.30. The number of anilines is 2. The Morgan fingerprint density at radius 1 is 1.15 bits per heavy atom. The van der Waals surface area contributed by atoms with Crippen molar-refractivity contribution in [2.45, 2.75) is 6.92 Å². The lowest BCUT2D eigenvalue weighted by atomic mass is 10.0. The molecule has 0 aliphatic carbocycles. The molecule has 2 aliphatic rings. The van der Waals surface area contributed by atoms with Gasteiger partial charge in [-0.15, -0.1) is 0 Å². The molecule has 0 bridgehead atoms. The Morgan fingerprint density at radius 2 is 1.88 bits per heavy atom. The van der Waals surface area contributed by atoms with Crippen molar-refractivity contribution in [3.63, 3.8) is 0 Å². The molecule has 2 amide bonds. The maximum Gasteiger partial charge on any atom is 0.270 e. The molecule has 0 saturated carbocycles. The van der Waals surface area contributed by atoms with Gasteiger partial charge in [-0.3, -0.25) is 29.9 Å². The van der Waals surface area contributed by atoms with Gasteiger partial charge in [0.15, 0.2) is 5.11 Å². The summed E-state index contributed by atoms with van der Waals surface area (Å²) in [6, 6.07) is 11.7. The van der Waals surface area contributed by atoms with E-state index in [4.69, 9.17) is 12.2 Å². The number of nitro benzene ring substituents is 1. The van der Waals surface area contributed by atoms with Crippen LogP contribution in [0.15, 0.2) is 48.0 Å². The summed E-state index contributed by atoms with van der Waals surface area (Å²) in [6.07, 6.45) is 1.42. The first-order valence-corrected chi connectivity index (χ1v) is 10.6. The Hall–Kier alpha value is -3.34. The van der Waals surface area contributed by atoms with E-state index in [1.807, 2.05) is 13.0 Å². The molecule has 33 heavy (non-hydrogen) atoms. The van der Waals surface area contributed by atoms with Crippen molar-refractivity contribution in [1.29, 1.82) is 0 Å². The lowest BCUT2D eigenvalue weighted by molar-refractivity contribution is -0.655. The molecular formula is C22H22ClN5O4S. The van der Waals surface area contributed by atoms with Gasteiger partial charge in [-0.1, -0.05) is 12.1 Å². The fourth-order valence-corrected chi connectivity index (χ4v) is 4.15. The number of aryl methyl sites for hydroxylation is 1. The number of nitrogens with zero attached hydrogens (tertiary/aromatic N) is 3. The number of carbonyl (C=O) groups excluding carboxylic acids is 2. The van der Waals surface area contributed by atoms with Crippen LogP contribution in [0.4, 0.5) is 17.1 Å². The summed E-state index contributed by atoms with van der Waals surface area (Å²) in [5.41, 5.74) is 2.41. The summed E-state index contributed by atoms with van der Waals surface area (Å²) in [5.74, 6) is -1.21. The summed E-state index contributed by atoms with van der Waals surface area (Å²) in [4.78, 5) is 40.3. The summed E-state index contributed by atoms with van der Waals surface area (Å²) < 4.78 is 0. The highest BCUT2D eigenvalue weighted by Gasteiger charge is 2.35. The van der Waals surface area contributed by atoms with E-state index >= 15 is 0 Å². The van der Waals surface area contributed by atoms with Gasteiger partial charge in [-0.05, 0) is 49.0 Å². The summed E-state index contributed by atoms with van der Waals surface area (Å²) in [5, 5.41) is 16.1. The average molecular weight is 488 g/mol. The fourth-order valence-electron chi connectivity index (χ4n) is 3.86. The van der Waals surface area contributed by atoms with Gasteiger partial charge in [-0.25, -0.2) is 0 Å². The van der Waals surface area contributed by atoms with Gasteiger partial charge in [-0.2, -0.15) is 0 Å². The van der Waals surface area contributed by atoms with Crippen LogP contribution in [0.3, 0.4) is 0 Å². The third-order valence-corrected chi connectivity index (χ3v) is 5.71. The molecule has 0 aromatic heterocycles. The van der Waals surface area contributed by atoms with E-state index in [0.29, 0.717) is 11.3 Å². The molecular weight excluding hydrogens is 466 g/mol. The quantitative estimate of drug-likeness (QED) is 0.172. The highest BCUT2D eigenvalue weighted by atomic mass is 35.5. The number of piperazine rings is 1. The normalized spacial score (nSPS) is 17.6. The van der Waals surface area contributed by atoms with Gasteiger partial charge >= 0.3 is 0 Å². The average Bonchev–Trinajstić information content (AvgIpc) is 2.77. The predicted octanol–water partition coefficient (Wildman–Crippen LogP) is -1.88. The Labute approximate surface area is 202 Å². The standard InChI is InChI=1S/C22H21N5O4S.ClH/c1-14-3-2-4-16(11-14)26-21(29)18(20(28)24-22(26)32)13-15-12-17(27(30)31)5-6-19(15)25-9-7-23-8-10-25;/h2-6,11-13,23H,7-10H2,1H3,(H,24,28,32);1H/b18-13-;. The predicted molar refractivity (Wildman–Crippen MR) is 124 cm³/mol. The van der Waals surface area contributed by atoms with E-state index in [0.717, 1.165) is 37.4 Å². The monoisotopic (exact) mass is 487 g/mol. The van der Waals surface area contributed by atoms with Gasteiger partial charge < -0.3 is 22.6 Å². The number of nitrogens with one attached hydrogen (secondary N) is 1. The Bertz CT molecular complexity index is 1160. The molecule has 2 aromatic carbocycles. The highest BCUT2D eigenvalue weighted by molar-refractivity contribution is 7.80. The first-order valence-electron chi connectivity index (χ1n) is 10.2. The zero-order valence-electron chi connectivity index (χ0n) is 17.8. The molecule has 0 atom stereocenters. The number of hydrogen-bond donors (Lipinski definition) is 2. The van der Waals surface area contributed by atoms with Crippen LogP contribution in [0.25, 0.3) is 6.08 Å². The van der Waals surface area contributed by atoms with Gasteiger partial charge in [0.25, 0.3) is 17.5 Å². The van der Waals surface area contributed by atoms with Crippen LogP contribution in [0.2, 0.25) is 0 Å². The number of carbonyl (C=O) groups is 2. The molecule has 2 fully saturated rings. The van der Waals surface area contributed by atoms with Crippen molar-refractivity contribution in [1.82, 2.24) is 5.32 Å². The van der Waals surface area contributed by atoms with Crippen LogP contribution in [0.1, 0.15) is 11.1 Å². The number of amides is 2. The number of nitrogens with two attached hydrogens (primary N) is 1. The van der Waals surface area contributed by atoms with Gasteiger partial charge in [0.2, 0.25) is 0 Å². The maximum absolute atomic E-state index is 13.3. The van der Waals surface area contributed by atoms with Gasteiger partial charge in [0, 0.05) is 23.4 Å². The van der Waals surface area contributed by atoms with E-state index in [1.165, 1.54) is 23.1 Å². The summed E-state index contributed by atoms with van der Waals surface area (Å²) >= 11 is 5.25.